The molecule has 1 unspecified atom stereocenters. The highest BCUT2D eigenvalue weighted by Crippen LogP contribution is 2.30. The molecule has 0 radical (unpaired) electrons. The van der Waals surface area contributed by atoms with E-state index >= 15 is 0 Å². The second kappa shape index (κ2) is 11.5. The van der Waals surface area contributed by atoms with Crippen LogP contribution in [0.2, 0.25) is 0 Å². The van der Waals surface area contributed by atoms with Crippen LogP contribution < -0.4 is 20.5 Å². The van der Waals surface area contributed by atoms with Crippen molar-refractivity contribution in [3.05, 3.63) is 18.2 Å². The van der Waals surface area contributed by atoms with E-state index in [0.717, 1.165) is 5.69 Å². The van der Waals surface area contributed by atoms with Crippen LogP contribution in [0.15, 0.2) is 23.2 Å². The molecule has 0 saturated heterocycles. The van der Waals surface area contributed by atoms with Gasteiger partial charge in [0.25, 0.3) is 0 Å². The number of methoxy groups -OCH3 is 2. The number of anilines is 1. The highest BCUT2D eigenvalue weighted by Gasteiger charge is 2.25. The van der Waals surface area contributed by atoms with E-state index < -0.39 is 0 Å². The fourth-order valence-electron chi connectivity index (χ4n) is 3.55. The third-order valence-electron chi connectivity index (χ3n) is 4.96. The largest absolute Gasteiger partial charge is 0.493 e. The molecule has 1 aromatic carbocycles. The van der Waals surface area contributed by atoms with Crippen LogP contribution in [0.4, 0.5) is 5.69 Å². The SMILES string of the molecule is COc1ccc(NC(N)=NCC(C2CCCCC2)N(C)C)cc1OC.I. The predicted octanol–water partition coefficient (Wildman–Crippen LogP) is 3.56. The molecule has 0 amide bonds. The van der Waals surface area contributed by atoms with Crippen molar-refractivity contribution in [2.45, 2.75) is 38.1 Å². The molecule has 1 saturated carbocycles. The molecule has 3 N–H and O–H groups in total. The first-order valence-electron chi connectivity index (χ1n) is 9.00. The Kier molecular flexibility index (Phi) is 10.1. The summed E-state index contributed by atoms with van der Waals surface area (Å²) in [5.74, 6) is 2.48. The van der Waals surface area contributed by atoms with Gasteiger partial charge in [-0.1, -0.05) is 19.3 Å². The molecule has 0 heterocycles. The minimum atomic E-state index is 0. The summed E-state index contributed by atoms with van der Waals surface area (Å²) in [5.41, 5.74) is 6.93. The predicted molar refractivity (Wildman–Crippen MR) is 119 cm³/mol. The average molecular weight is 476 g/mol. The topological polar surface area (TPSA) is 72.1 Å². The number of guanidine groups is 1. The van der Waals surface area contributed by atoms with Gasteiger partial charge in [0, 0.05) is 17.8 Å². The number of aliphatic imine (C=N–C) groups is 1. The molecule has 1 fully saturated rings. The minimum absolute atomic E-state index is 0. The van der Waals surface area contributed by atoms with Gasteiger partial charge in [0.1, 0.15) is 0 Å². The summed E-state index contributed by atoms with van der Waals surface area (Å²) < 4.78 is 10.6. The molecular formula is C19H33IN4O2. The Hall–Kier alpha value is -1.22. The van der Waals surface area contributed by atoms with Gasteiger partial charge in [-0.3, -0.25) is 4.99 Å². The summed E-state index contributed by atoms with van der Waals surface area (Å²) in [6.07, 6.45) is 6.61. The number of hydrogen-bond acceptors (Lipinski definition) is 4. The molecule has 1 aromatic rings. The van der Waals surface area contributed by atoms with Crippen LogP contribution in [0.5, 0.6) is 11.5 Å². The van der Waals surface area contributed by atoms with Crippen molar-refractivity contribution in [1.82, 2.24) is 4.90 Å². The normalized spacial score (nSPS) is 16.7. The zero-order valence-corrected chi connectivity index (χ0v) is 18.7. The standard InChI is InChI=1S/C19H32N4O2.HI/c1-23(2)16(14-8-6-5-7-9-14)13-21-19(20)22-15-10-11-17(24-3)18(12-15)25-4;/h10-12,14,16H,5-9,13H2,1-4H3,(H3,20,21,22);1H. The Bertz CT molecular complexity index is 575. The summed E-state index contributed by atoms with van der Waals surface area (Å²) in [6.45, 7) is 0.712. The molecule has 1 atom stereocenters. The third-order valence-corrected chi connectivity index (χ3v) is 4.96. The number of hydrogen-bond donors (Lipinski definition) is 2. The Labute approximate surface area is 174 Å². The quantitative estimate of drug-likeness (QED) is 0.358. The fraction of sp³-hybridized carbons (Fsp3) is 0.632. The molecule has 148 valence electrons. The average Bonchev–Trinajstić information content (AvgIpc) is 2.62. The highest BCUT2D eigenvalue weighted by molar-refractivity contribution is 14.0. The lowest BCUT2D eigenvalue weighted by atomic mass is 9.83. The molecule has 26 heavy (non-hydrogen) atoms. The number of nitrogens with zero attached hydrogens (tertiary/aromatic N) is 2. The first kappa shape index (κ1) is 22.8. The van der Waals surface area contributed by atoms with Gasteiger partial charge in [-0.05, 0) is 45.0 Å². The zero-order valence-electron chi connectivity index (χ0n) is 16.3. The second-order valence-electron chi connectivity index (χ2n) is 6.85. The molecule has 7 heteroatoms. The maximum absolute atomic E-state index is 6.09. The fourth-order valence-corrected chi connectivity index (χ4v) is 3.55. The van der Waals surface area contributed by atoms with Gasteiger partial charge in [0.15, 0.2) is 17.5 Å². The smallest absolute Gasteiger partial charge is 0.193 e. The van der Waals surface area contributed by atoms with Crippen molar-refractivity contribution in [2.75, 3.05) is 40.2 Å². The number of nitrogens with two attached hydrogens (primary N) is 1. The lowest BCUT2D eigenvalue weighted by Gasteiger charge is -2.33. The number of rotatable bonds is 7. The van der Waals surface area contributed by atoms with Crippen molar-refractivity contribution in [3.8, 4) is 11.5 Å². The van der Waals surface area contributed by atoms with E-state index in [2.05, 4.69) is 29.3 Å². The maximum atomic E-state index is 6.09. The van der Waals surface area contributed by atoms with E-state index in [1.165, 1.54) is 32.1 Å². The zero-order chi connectivity index (χ0) is 18.2. The van der Waals surface area contributed by atoms with Crippen LogP contribution >= 0.6 is 24.0 Å². The molecule has 0 spiro atoms. The lowest BCUT2D eigenvalue weighted by molar-refractivity contribution is 0.176. The van der Waals surface area contributed by atoms with Crippen molar-refractivity contribution < 1.29 is 9.47 Å². The number of ether oxygens (including phenoxy) is 2. The molecule has 0 aromatic heterocycles. The highest BCUT2D eigenvalue weighted by atomic mass is 127. The van der Waals surface area contributed by atoms with Gasteiger partial charge in [0.2, 0.25) is 0 Å². The van der Waals surface area contributed by atoms with Gasteiger partial charge < -0.3 is 25.4 Å². The van der Waals surface area contributed by atoms with Crippen molar-refractivity contribution in [3.63, 3.8) is 0 Å². The van der Waals surface area contributed by atoms with Crippen LogP contribution in [-0.4, -0.2) is 51.8 Å². The minimum Gasteiger partial charge on any atom is -0.493 e. The van der Waals surface area contributed by atoms with Gasteiger partial charge >= 0.3 is 0 Å². The Morgan fingerprint density at radius 1 is 1.19 bits per heavy atom. The summed E-state index contributed by atoms with van der Waals surface area (Å²) >= 11 is 0. The van der Waals surface area contributed by atoms with E-state index in [1.54, 1.807) is 14.2 Å². The van der Waals surface area contributed by atoms with E-state index in [-0.39, 0.29) is 24.0 Å². The molecule has 2 rings (SSSR count). The molecule has 0 aliphatic heterocycles. The second-order valence-corrected chi connectivity index (χ2v) is 6.85. The van der Waals surface area contributed by atoms with Crippen molar-refractivity contribution in [2.24, 2.45) is 16.6 Å². The number of likely N-dealkylation sites (N-methyl/N-ethyl adjacent to an activating group) is 1. The third kappa shape index (κ3) is 6.50. The number of benzene rings is 1. The summed E-state index contributed by atoms with van der Waals surface area (Å²) in [5, 5.41) is 3.14. The molecule has 1 aliphatic carbocycles. The number of halogens is 1. The molecule has 6 nitrogen and oxygen atoms in total. The van der Waals surface area contributed by atoms with Crippen LogP contribution in [0.1, 0.15) is 32.1 Å². The first-order chi connectivity index (χ1) is 12.0. The Morgan fingerprint density at radius 3 is 2.42 bits per heavy atom. The molecular weight excluding hydrogens is 443 g/mol. The van der Waals surface area contributed by atoms with Gasteiger partial charge in [-0.25, -0.2) is 0 Å². The first-order valence-corrected chi connectivity index (χ1v) is 9.00. The van der Waals surface area contributed by atoms with Crippen LogP contribution in [0, 0.1) is 5.92 Å². The number of nitrogens with one attached hydrogen (secondary N) is 1. The summed E-state index contributed by atoms with van der Waals surface area (Å²) in [6, 6.07) is 6.03. The van der Waals surface area contributed by atoms with Gasteiger partial charge in [-0.2, -0.15) is 0 Å². The monoisotopic (exact) mass is 476 g/mol. The lowest BCUT2D eigenvalue weighted by Crippen LogP contribution is -2.39. The van der Waals surface area contributed by atoms with Gasteiger partial charge in [-0.15, -0.1) is 24.0 Å². The van der Waals surface area contributed by atoms with Crippen molar-refractivity contribution in [1.29, 1.82) is 0 Å². The van der Waals surface area contributed by atoms with Crippen LogP contribution in [-0.2, 0) is 0 Å². The Morgan fingerprint density at radius 2 is 1.85 bits per heavy atom. The van der Waals surface area contributed by atoms with E-state index in [4.69, 9.17) is 15.2 Å². The van der Waals surface area contributed by atoms with E-state index in [1.807, 2.05) is 18.2 Å². The van der Waals surface area contributed by atoms with Crippen molar-refractivity contribution >= 4 is 35.6 Å². The maximum Gasteiger partial charge on any atom is 0.193 e. The summed E-state index contributed by atoms with van der Waals surface area (Å²) in [7, 11) is 7.50. The van der Waals surface area contributed by atoms with E-state index in [9.17, 15) is 0 Å². The molecule has 0 bridgehead atoms. The van der Waals surface area contributed by atoms with E-state index in [0.29, 0.717) is 36.0 Å². The molecule has 1 aliphatic rings. The van der Waals surface area contributed by atoms with Crippen LogP contribution in [0.25, 0.3) is 0 Å². The van der Waals surface area contributed by atoms with Gasteiger partial charge in [0.05, 0.1) is 20.8 Å². The Balaban J connectivity index is 0.00000338. The summed E-state index contributed by atoms with van der Waals surface area (Å²) in [4.78, 5) is 6.86. The van der Waals surface area contributed by atoms with Crippen LogP contribution in [0.3, 0.4) is 0 Å².